The minimum absolute atomic E-state index is 0.163. The SMILES string of the molecule is Cc1nnsc1CNC(C)(C)C. The number of aromatic nitrogens is 2. The van der Waals surface area contributed by atoms with Crippen molar-refractivity contribution in [2.45, 2.75) is 39.8 Å². The average Bonchev–Trinajstić information content (AvgIpc) is 2.29. The first-order valence-corrected chi connectivity index (χ1v) is 4.79. The smallest absolute Gasteiger partial charge is 0.0769 e. The summed E-state index contributed by atoms with van der Waals surface area (Å²) in [5.41, 5.74) is 1.20. The summed E-state index contributed by atoms with van der Waals surface area (Å²) < 4.78 is 3.87. The van der Waals surface area contributed by atoms with Crippen LogP contribution in [0, 0.1) is 6.92 Å². The van der Waals surface area contributed by atoms with Crippen LogP contribution < -0.4 is 5.32 Å². The second-order valence-corrected chi connectivity index (χ2v) is 4.72. The molecule has 3 nitrogen and oxygen atoms in total. The predicted octanol–water partition coefficient (Wildman–Crippen LogP) is 1.73. The Bertz CT molecular complexity index is 249. The predicted molar refractivity (Wildman–Crippen MR) is 51.2 cm³/mol. The van der Waals surface area contributed by atoms with Crippen molar-refractivity contribution >= 4 is 11.5 Å². The second-order valence-electron chi connectivity index (χ2n) is 3.89. The van der Waals surface area contributed by atoms with Crippen LogP contribution in [0.2, 0.25) is 0 Å². The largest absolute Gasteiger partial charge is 0.307 e. The number of hydrogen-bond acceptors (Lipinski definition) is 4. The number of nitrogens with zero attached hydrogens (tertiary/aromatic N) is 2. The van der Waals surface area contributed by atoms with Crippen molar-refractivity contribution in [2.75, 3.05) is 0 Å². The van der Waals surface area contributed by atoms with Crippen LogP contribution >= 0.6 is 11.5 Å². The zero-order chi connectivity index (χ0) is 9.19. The zero-order valence-electron chi connectivity index (χ0n) is 8.01. The Labute approximate surface area is 77.4 Å². The molecule has 0 aliphatic heterocycles. The van der Waals surface area contributed by atoms with Gasteiger partial charge in [-0.15, -0.1) is 5.10 Å². The molecule has 0 atom stereocenters. The molecule has 0 fully saturated rings. The Morgan fingerprint density at radius 3 is 2.50 bits per heavy atom. The number of rotatable bonds is 2. The molecule has 1 aromatic rings. The first kappa shape index (κ1) is 9.61. The van der Waals surface area contributed by atoms with Gasteiger partial charge in [0, 0.05) is 12.1 Å². The number of aryl methyl sites for hydroxylation is 1. The molecule has 0 unspecified atom stereocenters. The van der Waals surface area contributed by atoms with Gasteiger partial charge in [0.05, 0.1) is 10.6 Å². The maximum absolute atomic E-state index is 3.95. The molecular weight excluding hydrogens is 170 g/mol. The van der Waals surface area contributed by atoms with E-state index in [2.05, 4.69) is 35.7 Å². The van der Waals surface area contributed by atoms with Gasteiger partial charge in [-0.3, -0.25) is 0 Å². The first-order chi connectivity index (χ1) is 5.49. The highest BCUT2D eigenvalue weighted by molar-refractivity contribution is 7.05. The van der Waals surface area contributed by atoms with Crippen LogP contribution in [0.3, 0.4) is 0 Å². The van der Waals surface area contributed by atoms with E-state index in [1.807, 2.05) is 6.92 Å². The molecular formula is C8H15N3S. The summed E-state index contributed by atoms with van der Waals surface area (Å²) in [5, 5.41) is 7.34. The van der Waals surface area contributed by atoms with Crippen LogP contribution in [0.5, 0.6) is 0 Å². The normalized spacial score (nSPS) is 12.0. The van der Waals surface area contributed by atoms with Gasteiger partial charge in [0.1, 0.15) is 0 Å². The molecule has 0 amide bonds. The molecule has 4 heteroatoms. The summed E-state index contributed by atoms with van der Waals surface area (Å²) in [6.07, 6.45) is 0. The Morgan fingerprint density at radius 2 is 2.08 bits per heavy atom. The summed E-state index contributed by atoms with van der Waals surface area (Å²) in [4.78, 5) is 1.23. The summed E-state index contributed by atoms with van der Waals surface area (Å²) in [6, 6.07) is 0. The maximum atomic E-state index is 3.95. The van der Waals surface area contributed by atoms with E-state index in [0.717, 1.165) is 12.2 Å². The molecule has 0 aliphatic carbocycles. The lowest BCUT2D eigenvalue weighted by Gasteiger charge is -2.19. The lowest BCUT2D eigenvalue weighted by molar-refractivity contribution is 0.425. The third-order valence-corrected chi connectivity index (χ3v) is 2.35. The van der Waals surface area contributed by atoms with E-state index in [0.29, 0.717) is 0 Å². The van der Waals surface area contributed by atoms with E-state index in [4.69, 9.17) is 0 Å². The lowest BCUT2D eigenvalue weighted by Crippen LogP contribution is -2.34. The quantitative estimate of drug-likeness (QED) is 0.762. The summed E-state index contributed by atoms with van der Waals surface area (Å²) in [7, 11) is 0. The fourth-order valence-corrected chi connectivity index (χ4v) is 1.33. The van der Waals surface area contributed by atoms with Crippen LogP contribution in [0.1, 0.15) is 31.3 Å². The standard InChI is InChI=1S/C8H15N3S/c1-6-7(12-11-10-6)5-9-8(2,3)4/h9H,5H2,1-4H3. The van der Waals surface area contributed by atoms with Gasteiger partial charge in [0.25, 0.3) is 0 Å². The molecule has 0 spiro atoms. The zero-order valence-corrected chi connectivity index (χ0v) is 8.83. The Kier molecular flexibility index (Phi) is 2.80. The minimum atomic E-state index is 0.163. The van der Waals surface area contributed by atoms with Gasteiger partial charge in [-0.2, -0.15) is 0 Å². The van der Waals surface area contributed by atoms with Crippen molar-refractivity contribution in [1.29, 1.82) is 0 Å². The third kappa shape index (κ3) is 2.87. The van der Waals surface area contributed by atoms with Crippen LogP contribution in [-0.2, 0) is 6.54 Å². The van der Waals surface area contributed by atoms with Crippen molar-refractivity contribution in [3.05, 3.63) is 10.6 Å². The molecule has 0 aliphatic rings. The van der Waals surface area contributed by atoms with Crippen molar-refractivity contribution in [3.63, 3.8) is 0 Å². The molecule has 0 saturated heterocycles. The van der Waals surface area contributed by atoms with Crippen molar-refractivity contribution in [1.82, 2.24) is 14.9 Å². The highest BCUT2D eigenvalue weighted by atomic mass is 32.1. The van der Waals surface area contributed by atoms with Crippen LogP contribution in [0.15, 0.2) is 0 Å². The van der Waals surface area contributed by atoms with Gasteiger partial charge in [0.15, 0.2) is 0 Å². The van der Waals surface area contributed by atoms with E-state index in [1.165, 1.54) is 16.4 Å². The van der Waals surface area contributed by atoms with Crippen molar-refractivity contribution in [3.8, 4) is 0 Å². The maximum Gasteiger partial charge on any atom is 0.0769 e. The molecule has 0 bridgehead atoms. The Morgan fingerprint density at radius 1 is 1.42 bits per heavy atom. The molecule has 0 aromatic carbocycles. The molecule has 12 heavy (non-hydrogen) atoms. The summed E-state index contributed by atoms with van der Waals surface area (Å²) >= 11 is 1.47. The highest BCUT2D eigenvalue weighted by Crippen LogP contribution is 2.10. The van der Waals surface area contributed by atoms with Crippen LogP contribution in [0.25, 0.3) is 0 Å². The van der Waals surface area contributed by atoms with Crippen LogP contribution in [-0.4, -0.2) is 15.1 Å². The third-order valence-electron chi connectivity index (χ3n) is 1.52. The topological polar surface area (TPSA) is 37.8 Å². The summed E-state index contributed by atoms with van der Waals surface area (Å²) in [5.74, 6) is 0. The molecule has 68 valence electrons. The number of hydrogen-bond donors (Lipinski definition) is 1. The number of nitrogens with one attached hydrogen (secondary N) is 1. The molecule has 0 saturated carbocycles. The van der Waals surface area contributed by atoms with E-state index in [-0.39, 0.29) is 5.54 Å². The Balaban J connectivity index is 2.49. The highest BCUT2D eigenvalue weighted by Gasteiger charge is 2.10. The first-order valence-electron chi connectivity index (χ1n) is 4.02. The minimum Gasteiger partial charge on any atom is -0.307 e. The monoisotopic (exact) mass is 185 g/mol. The van der Waals surface area contributed by atoms with Gasteiger partial charge in [0.2, 0.25) is 0 Å². The fourth-order valence-electron chi connectivity index (χ4n) is 0.758. The van der Waals surface area contributed by atoms with Gasteiger partial charge in [-0.25, -0.2) is 0 Å². The van der Waals surface area contributed by atoms with E-state index >= 15 is 0 Å². The summed E-state index contributed by atoms with van der Waals surface area (Å²) in [6.45, 7) is 9.31. The Hall–Kier alpha value is -0.480. The van der Waals surface area contributed by atoms with E-state index < -0.39 is 0 Å². The fraction of sp³-hybridized carbons (Fsp3) is 0.750. The van der Waals surface area contributed by atoms with Crippen LogP contribution in [0.4, 0.5) is 0 Å². The van der Waals surface area contributed by atoms with E-state index in [9.17, 15) is 0 Å². The lowest BCUT2D eigenvalue weighted by atomic mass is 10.1. The average molecular weight is 185 g/mol. The second kappa shape index (κ2) is 3.49. The van der Waals surface area contributed by atoms with E-state index in [1.54, 1.807) is 0 Å². The van der Waals surface area contributed by atoms with Gasteiger partial charge in [-0.1, -0.05) is 4.49 Å². The molecule has 1 N–H and O–H groups in total. The molecule has 0 radical (unpaired) electrons. The molecule has 1 aromatic heterocycles. The molecule has 1 rings (SSSR count). The van der Waals surface area contributed by atoms with Gasteiger partial charge < -0.3 is 5.32 Å². The van der Waals surface area contributed by atoms with Crippen molar-refractivity contribution in [2.24, 2.45) is 0 Å². The molecule has 1 heterocycles. The van der Waals surface area contributed by atoms with Crippen molar-refractivity contribution < 1.29 is 0 Å². The van der Waals surface area contributed by atoms with Gasteiger partial charge >= 0.3 is 0 Å². The van der Waals surface area contributed by atoms with Gasteiger partial charge in [-0.05, 0) is 39.2 Å².